The molecule has 10 aromatic carbocycles. The van der Waals surface area contributed by atoms with Crippen LogP contribution < -0.4 is 4.90 Å². The lowest BCUT2D eigenvalue weighted by Gasteiger charge is -2.40. The van der Waals surface area contributed by atoms with Gasteiger partial charge in [-0.25, -0.2) is 0 Å². The van der Waals surface area contributed by atoms with Gasteiger partial charge in [-0.3, -0.25) is 0 Å². The van der Waals surface area contributed by atoms with E-state index in [1.807, 2.05) is 6.07 Å². The van der Waals surface area contributed by atoms with Crippen molar-refractivity contribution < 1.29 is 4.42 Å². The summed E-state index contributed by atoms with van der Waals surface area (Å²) in [6, 6.07) is 94.3. The van der Waals surface area contributed by atoms with Gasteiger partial charge < -0.3 is 9.32 Å². The highest BCUT2D eigenvalue weighted by Gasteiger charge is 2.51. The van der Waals surface area contributed by atoms with Crippen LogP contribution in [0.4, 0.5) is 17.1 Å². The van der Waals surface area contributed by atoms with Crippen molar-refractivity contribution in [3.8, 4) is 33.4 Å². The summed E-state index contributed by atoms with van der Waals surface area (Å²) in [4.78, 5) is 2.58. The van der Waals surface area contributed by atoms with Crippen molar-refractivity contribution in [2.24, 2.45) is 0 Å². The first kappa shape index (κ1) is 38.0. The van der Waals surface area contributed by atoms with Crippen LogP contribution in [-0.4, -0.2) is 0 Å². The van der Waals surface area contributed by atoms with Crippen molar-refractivity contribution in [3.63, 3.8) is 0 Å². The molecule has 0 N–H and O–H groups in total. The largest absolute Gasteiger partial charge is 0.464 e. The van der Waals surface area contributed by atoms with Crippen LogP contribution in [0.25, 0.3) is 44.3 Å². The fourth-order valence-corrected chi connectivity index (χ4v) is 11.7. The van der Waals surface area contributed by atoms with Crippen molar-refractivity contribution in [2.75, 3.05) is 4.90 Å². The van der Waals surface area contributed by atoms with E-state index in [0.29, 0.717) is 0 Å². The quantitative estimate of drug-likeness (QED) is 0.152. The van der Waals surface area contributed by atoms with E-state index in [0.717, 1.165) is 39.2 Å². The van der Waals surface area contributed by atoms with Gasteiger partial charge in [-0.1, -0.05) is 212 Å². The van der Waals surface area contributed by atoms with Gasteiger partial charge in [-0.2, -0.15) is 0 Å². The molecule has 310 valence electrons. The van der Waals surface area contributed by atoms with Gasteiger partial charge in [0.05, 0.1) is 28.5 Å². The summed E-state index contributed by atoms with van der Waals surface area (Å²) < 4.78 is 5.73. The van der Waals surface area contributed by atoms with Crippen molar-refractivity contribution in [1.29, 1.82) is 0 Å². The van der Waals surface area contributed by atoms with Crippen LogP contribution in [0.5, 0.6) is 0 Å². The van der Waals surface area contributed by atoms with Gasteiger partial charge in [0.2, 0.25) is 0 Å². The molecule has 0 atom stereocenters. The minimum atomic E-state index is -0.639. The number of fused-ring (bicyclic) bond motifs is 7. The maximum atomic E-state index is 5.73. The number of anilines is 3. The standard InChI is InChI=1S/C64H43NO/c1-5-19-47(20-6-1)63(48-21-7-2-8-22-48)56-31-15-13-27-52(56)54-29-17-33-58(61(54)63)65(51-38-35-44(36-39-51)45-37-40-60-46(43-45)41-42-66-60)59-34-18-30-55-53-28-14-16-32-57(53)64(62(55)59,49-23-9-3-10-24-49)50-25-11-4-12-26-50/h1-43H. The zero-order valence-electron chi connectivity index (χ0n) is 36.2. The summed E-state index contributed by atoms with van der Waals surface area (Å²) in [7, 11) is 0. The Morgan fingerprint density at radius 3 is 1.20 bits per heavy atom. The van der Waals surface area contributed by atoms with Gasteiger partial charge in [0.15, 0.2) is 0 Å². The number of nitrogens with zero attached hydrogens (tertiary/aromatic N) is 1. The first-order valence-corrected chi connectivity index (χ1v) is 22.8. The maximum absolute atomic E-state index is 5.73. The van der Waals surface area contributed by atoms with Crippen LogP contribution >= 0.6 is 0 Å². The summed E-state index contributed by atoms with van der Waals surface area (Å²) in [5.74, 6) is 0. The highest BCUT2D eigenvalue weighted by Crippen LogP contribution is 2.63. The Bertz CT molecular complexity index is 3310. The second-order valence-electron chi connectivity index (χ2n) is 17.5. The molecule has 0 unspecified atom stereocenters. The van der Waals surface area contributed by atoms with Gasteiger partial charge in [-0.15, -0.1) is 0 Å². The molecule has 0 amide bonds. The molecule has 0 radical (unpaired) electrons. The Kier molecular flexibility index (Phi) is 8.69. The van der Waals surface area contributed by atoms with Gasteiger partial charge in [0.1, 0.15) is 5.58 Å². The molecule has 1 heterocycles. The van der Waals surface area contributed by atoms with Crippen LogP contribution in [0.1, 0.15) is 44.5 Å². The van der Waals surface area contributed by atoms with Crippen molar-refractivity contribution in [2.45, 2.75) is 10.8 Å². The molecule has 2 heteroatoms. The first-order valence-electron chi connectivity index (χ1n) is 22.8. The highest BCUT2D eigenvalue weighted by molar-refractivity contribution is 5.99. The summed E-state index contributed by atoms with van der Waals surface area (Å²) in [5, 5.41) is 1.09. The molecule has 66 heavy (non-hydrogen) atoms. The monoisotopic (exact) mass is 841 g/mol. The molecular weight excluding hydrogens is 799 g/mol. The minimum absolute atomic E-state index is 0.639. The Hall–Kier alpha value is -8.46. The molecule has 0 saturated carbocycles. The second kappa shape index (κ2) is 15.1. The normalized spacial score (nSPS) is 13.7. The summed E-state index contributed by atoms with van der Waals surface area (Å²) >= 11 is 0. The van der Waals surface area contributed by atoms with E-state index in [9.17, 15) is 0 Å². The van der Waals surface area contributed by atoms with Crippen LogP contribution in [0.2, 0.25) is 0 Å². The lowest BCUT2D eigenvalue weighted by atomic mass is 9.66. The molecule has 0 saturated heterocycles. The third kappa shape index (κ3) is 5.42. The topological polar surface area (TPSA) is 16.4 Å². The third-order valence-electron chi connectivity index (χ3n) is 14.3. The average Bonchev–Trinajstić information content (AvgIpc) is 4.09. The molecule has 2 nitrogen and oxygen atoms in total. The Balaban J connectivity index is 1.16. The first-order chi connectivity index (χ1) is 32.8. The Morgan fingerprint density at radius 1 is 0.318 bits per heavy atom. The van der Waals surface area contributed by atoms with Gasteiger partial charge >= 0.3 is 0 Å². The van der Waals surface area contributed by atoms with Crippen molar-refractivity contribution >= 4 is 28.0 Å². The zero-order valence-corrected chi connectivity index (χ0v) is 36.2. The molecule has 0 fully saturated rings. The summed E-state index contributed by atoms with van der Waals surface area (Å²) in [6.07, 6.45) is 1.76. The molecular formula is C64H43NO. The van der Waals surface area contributed by atoms with E-state index in [1.54, 1.807) is 6.26 Å². The van der Waals surface area contributed by atoms with Crippen molar-refractivity contribution in [1.82, 2.24) is 0 Å². The molecule has 11 aromatic rings. The highest BCUT2D eigenvalue weighted by atomic mass is 16.3. The predicted molar refractivity (Wildman–Crippen MR) is 271 cm³/mol. The molecule has 1 aromatic heterocycles. The van der Waals surface area contributed by atoms with Gasteiger partial charge in [0.25, 0.3) is 0 Å². The summed E-state index contributed by atoms with van der Waals surface area (Å²) in [6.45, 7) is 0. The van der Waals surface area contributed by atoms with Crippen LogP contribution in [0.3, 0.4) is 0 Å². The number of hydrogen-bond donors (Lipinski definition) is 0. The fraction of sp³-hybridized carbons (Fsp3) is 0.0312. The number of benzene rings is 10. The van der Waals surface area contributed by atoms with E-state index >= 15 is 0 Å². The number of hydrogen-bond acceptors (Lipinski definition) is 2. The molecule has 13 rings (SSSR count). The minimum Gasteiger partial charge on any atom is -0.464 e. The third-order valence-corrected chi connectivity index (χ3v) is 14.3. The van der Waals surface area contributed by atoms with E-state index in [2.05, 4.69) is 254 Å². The maximum Gasteiger partial charge on any atom is 0.133 e. The lowest BCUT2D eigenvalue weighted by molar-refractivity contribution is 0.616. The SMILES string of the molecule is c1ccc(C2(c3ccccc3)c3ccccc3-c3cccc(N(c4ccc(-c5ccc6occc6c5)cc4)c4cccc5c4C(c4ccccc4)(c4ccccc4)c4ccccc4-5)c32)cc1. The van der Waals surface area contributed by atoms with Gasteiger partial charge in [-0.05, 0) is 109 Å². The molecule has 0 spiro atoms. The molecule has 2 aliphatic rings. The van der Waals surface area contributed by atoms with E-state index in [4.69, 9.17) is 4.42 Å². The second-order valence-corrected chi connectivity index (χ2v) is 17.5. The molecule has 0 aliphatic heterocycles. The van der Waals surface area contributed by atoms with Crippen LogP contribution in [0, 0.1) is 0 Å². The van der Waals surface area contributed by atoms with E-state index in [1.165, 1.54) is 66.8 Å². The smallest absolute Gasteiger partial charge is 0.133 e. The molecule has 0 bridgehead atoms. The van der Waals surface area contributed by atoms with E-state index < -0.39 is 10.8 Å². The Morgan fingerprint density at radius 2 is 0.727 bits per heavy atom. The lowest BCUT2D eigenvalue weighted by Crippen LogP contribution is -2.32. The average molecular weight is 842 g/mol. The summed E-state index contributed by atoms with van der Waals surface area (Å²) in [5.41, 5.74) is 20.2. The predicted octanol–water partition coefficient (Wildman–Crippen LogP) is 16.3. The number of furan rings is 1. The van der Waals surface area contributed by atoms with Gasteiger partial charge in [0, 0.05) is 22.2 Å². The zero-order chi connectivity index (χ0) is 43.7. The van der Waals surface area contributed by atoms with Crippen molar-refractivity contribution in [3.05, 3.63) is 306 Å². The number of rotatable bonds is 8. The molecule has 2 aliphatic carbocycles. The fourth-order valence-electron chi connectivity index (χ4n) is 11.7. The Labute approximate surface area is 385 Å². The van der Waals surface area contributed by atoms with Crippen LogP contribution in [-0.2, 0) is 10.8 Å². The van der Waals surface area contributed by atoms with Crippen LogP contribution in [0.15, 0.2) is 265 Å². The van der Waals surface area contributed by atoms with E-state index in [-0.39, 0.29) is 0 Å².